The molecule has 1 saturated heterocycles. The maximum Gasteiger partial charge on any atom is 0.323 e. The van der Waals surface area contributed by atoms with Gasteiger partial charge in [0.25, 0.3) is 0 Å². The van der Waals surface area contributed by atoms with Crippen LogP contribution >= 0.6 is 12.4 Å². The first kappa shape index (κ1) is 19.4. The average Bonchev–Trinajstić information content (AvgIpc) is 2.93. The highest BCUT2D eigenvalue weighted by molar-refractivity contribution is 7.89. The molecule has 1 aliphatic heterocycles. The zero-order chi connectivity index (χ0) is 17.5. The molecule has 1 fully saturated rings. The zero-order valence-corrected chi connectivity index (χ0v) is 15.1. The molecule has 1 atom stereocenters. The number of hydrogen-bond donors (Lipinski definition) is 3. The van der Waals surface area contributed by atoms with Crippen molar-refractivity contribution in [3.05, 3.63) is 28.7 Å². The summed E-state index contributed by atoms with van der Waals surface area (Å²) in [5, 5.41) is 9.04. The Morgan fingerprint density at radius 1 is 1.16 bits per heavy atom. The molecule has 0 spiro atoms. The molecule has 1 aromatic heterocycles. The summed E-state index contributed by atoms with van der Waals surface area (Å²) in [6, 6.07) is 3.78. The molecule has 1 unspecified atom stereocenters. The predicted octanol–water partition coefficient (Wildman–Crippen LogP) is 0.0574. The maximum absolute atomic E-state index is 12.7. The summed E-state index contributed by atoms with van der Waals surface area (Å²) >= 11 is 0. The molecule has 0 saturated carbocycles. The number of fused-ring (bicyclic) bond motifs is 1. The quantitative estimate of drug-likeness (QED) is 0.677. The van der Waals surface area contributed by atoms with Crippen LogP contribution in [0.4, 0.5) is 0 Å². The van der Waals surface area contributed by atoms with Crippen LogP contribution in [0.25, 0.3) is 11.0 Å². The Morgan fingerprint density at radius 2 is 1.76 bits per heavy atom. The number of sulfonamides is 1. The standard InChI is InChI=1S/C14H18N4O5S.ClH/c1-9(13(19)20)17-4-6-18(7-5-17)24(22,23)10-2-3-11-12(8-10)16-14(21)15-11;/h2-3,8-9H,4-7H2,1H3,(H,19,20)(H2,15,16,21);1H. The fraction of sp³-hybridized carbons (Fsp3) is 0.429. The van der Waals surface area contributed by atoms with E-state index in [0.717, 1.165) is 0 Å². The average molecular weight is 391 g/mol. The van der Waals surface area contributed by atoms with E-state index in [2.05, 4.69) is 9.97 Å². The SMILES string of the molecule is CC(C(=O)O)N1CCN(S(=O)(=O)c2ccc3[nH]c(=O)[nH]c3c2)CC1.Cl. The summed E-state index contributed by atoms with van der Waals surface area (Å²) in [5.41, 5.74) is 0.578. The van der Waals surface area contributed by atoms with E-state index in [9.17, 15) is 18.0 Å². The molecule has 0 aliphatic carbocycles. The Morgan fingerprint density at radius 3 is 2.36 bits per heavy atom. The highest BCUT2D eigenvalue weighted by Crippen LogP contribution is 2.21. The number of carboxylic acids is 1. The Bertz CT molecular complexity index is 930. The van der Waals surface area contributed by atoms with Gasteiger partial charge in [-0.15, -0.1) is 12.4 Å². The summed E-state index contributed by atoms with van der Waals surface area (Å²) < 4.78 is 26.8. The molecule has 3 rings (SSSR count). The van der Waals surface area contributed by atoms with Gasteiger partial charge >= 0.3 is 11.7 Å². The number of rotatable bonds is 4. The molecule has 9 nitrogen and oxygen atoms in total. The first-order valence-corrected chi connectivity index (χ1v) is 8.92. The van der Waals surface area contributed by atoms with Gasteiger partial charge in [-0.25, -0.2) is 13.2 Å². The molecular weight excluding hydrogens is 372 g/mol. The summed E-state index contributed by atoms with van der Waals surface area (Å²) in [6.45, 7) is 2.75. The number of hydrogen-bond acceptors (Lipinski definition) is 5. The van der Waals surface area contributed by atoms with Crippen molar-refractivity contribution in [1.82, 2.24) is 19.2 Å². The number of carboxylic acid groups (broad SMARTS) is 1. The van der Waals surface area contributed by atoms with Crippen LogP contribution in [0.3, 0.4) is 0 Å². The molecule has 2 heterocycles. The van der Waals surface area contributed by atoms with Gasteiger partial charge in [-0.05, 0) is 25.1 Å². The largest absolute Gasteiger partial charge is 0.480 e. The normalized spacial score (nSPS) is 18.0. The van der Waals surface area contributed by atoms with Gasteiger partial charge in [0.1, 0.15) is 6.04 Å². The van der Waals surface area contributed by atoms with Crippen molar-refractivity contribution in [3.8, 4) is 0 Å². The number of halogens is 1. The van der Waals surface area contributed by atoms with Gasteiger partial charge in [-0.1, -0.05) is 0 Å². The second-order valence-corrected chi connectivity index (χ2v) is 7.68. The smallest absolute Gasteiger partial charge is 0.323 e. The third-order valence-electron chi connectivity index (χ3n) is 4.30. The first-order valence-electron chi connectivity index (χ1n) is 7.48. The zero-order valence-electron chi connectivity index (χ0n) is 13.4. The number of aliphatic carboxylic acids is 1. The van der Waals surface area contributed by atoms with Gasteiger partial charge in [-0.3, -0.25) is 9.69 Å². The highest BCUT2D eigenvalue weighted by atomic mass is 35.5. The third kappa shape index (κ3) is 3.71. The van der Waals surface area contributed by atoms with Crippen molar-refractivity contribution in [2.45, 2.75) is 17.9 Å². The molecule has 0 bridgehead atoms. The lowest BCUT2D eigenvalue weighted by Gasteiger charge is -2.35. The predicted molar refractivity (Wildman–Crippen MR) is 93.6 cm³/mol. The Balaban J connectivity index is 0.00000225. The number of nitrogens with zero attached hydrogens (tertiary/aromatic N) is 2. The monoisotopic (exact) mass is 390 g/mol. The summed E-state index contributed by atoms with van der Waals surface area (Å²) in [5.74, 6) is -0.923. The minimum absolute atomic E-state index is 0. The molecule has 1 aliphatic rings. The van der Waals surface area contributed by atoms with Gasteiger partial charge in [0.15, 0.2) is 0 Å². The minimum Gasteiger partial charge on any atom is -0.480 e. The van der Waals surface area contributed by atoms with Crippen LogP contribution in [0.5, 0.6) is 0 Å². The van der Waals surface area contributed by atoms with Crippen LogP contribution in [0.1, 0.15) is 6.92 Å². The van der Waals surface area contributed by atoms with E-state index in [1.807, 2.05) is 0 Å². The molecular formula is C14H19ClN4O5S. The van der Waals surface area contributed by atoms with E-state index in [-0.39, 0.29) is 30.4 Å². The molecule has 2 aromatic rings. The van der Waals surface area contributed by atoms with E-state index in [4.69, 9.17) is 5.11 Å². The van der Waals surface area contributed by atoms with E-state index >= 15 is 0 Å². The number of H-pyrrole nitrogens is 2. The molecule has 138 valence electrons. The summed E-state index contributed by atoms with van der Waals surface area (Å²) in [7, 11) is -3.69. The third-order valence-corrected chi connectivity index (χ3v) is 6.20. The van der Waals surface area contributed by atoms with Gasteiger partial charge in [0.2, 0.25) is 10.0 Å². The van der Waals surface area contributed by atoms with Crippen LogP contribution in [-0.2, 0) is 14.8 Å². The van der Waals surface area contributed by atoms with E-state index in [1.54, 1.807) is 17.9 Å². The van der Waals surface area contributed by atoms with Crippen LogP contribution in [0.15, 0.2) is 27.9 Å². The van der Waals surface area contributed by atoms with Gasteiger partial charge < -0.3 is 15.1 Å². The van der Waals surface area contributed by atoms with Gasteiger partial charge in [0.05, 0.1) is 15.9 Å². The second kappa shape index (κ2) is 7.16. The topological polar surface area (TPSA) is 127 Å². The molecule has 0 amide bonds. The molecule has 25 heavy (non-hydrogen) atoms. The fourth-order valence-electron chi connectivity index (χ4n) is 2.81. The summed E-state index contributed by atoms with van der Waals surface area (Å²) in [6.07, 6.45) is 0. The van der Waals surface area contributed by atoms with E-state index < -0.39 is 27.7 Å². The Labute approximate surface area is 150 Å². The number of aromatic amines is 2. The van der Waals surface area contributed by atoms with Crippen molar-refractivity contribution < 1.29 is 18.3 Å². The minimum atomic E-state index is -3.69. The maximum atomic E-state index is 12.7. The fourth-order valence-corrected chi connectivity index (χ4v) is 4.26. The Kier molecular flexibility index (Phi) is 5.57. The number of piperazine rings is 1. The first-order chi connectivity index (χ1) is 11.3. The highest BCUT2D eigenvalue weighted by Gasteiger charge is 2.31. The summed E-state index contributed by atoms with van der Waals surface area (Å²) in [4.78, 5) is 29.2. The van der Waals surface area contributed by atoms with E-state index in [1.165, 1.54) is 16.4 Å². The van der Waals surface area contributed by atoms with Crippen LogP contribution < -0.4 is 5.69 Å². The van der Waals surface area contributed by atoms with Crippen LogP contribution in [-0.4, -0.2) is 70.9 Å². The molecule has 3 N–H and O–H groups in total. The second-order valence-electron chi connectivity index (χ2n) is 5.74. The number of nitrogens with one attached hydrogen (secondary N) is 2. The molecule has 11 heteroatoms. The lowest BCUT2D eigenvalue weighted by atomic mass is 10.2. The Hall–Kier alpha value is -1.88. The number of imidazole rings is 1. The lowest BCUT2D eigenvalue weighted by Crippen LogP contribution is -2.53. The number of aromatic nitrogens is 2. The van der Waals surface area contributed by atoms with Crippen molar-refractivity contribution in [2.75, 3.05) is 26.2 Å². The van der Waals surface area contributed by atoms with Gasteiger partial charge in [0, 0.05) is 26.2 Å². The van der Waals surface area contributed by atoms with Crippen molar-refractivity contribution >= 4 is 39.4 Å². The van der Waals surface area contributed by atoms with Gasteiger partial charge in [-0.2, -0.15) is 4.31 Å². The van der Waals surface area contributed by atoms with Crippen molar-refractivity contribution in [2.24, 2.45) is 0 Å². The van der Waals surface area contributed by atoms with Crippen molar-refractivity contribution in [3.63, 3.8) is 0 Å². The number of carbonyl (C=O) groups is 1. The van der Waals surface area contributed by atoms with Crippen LogP contribution in [0.2, 0.25) is 0 Å². The van der Waals surface area contributed by atoms with Crippen molar-refractivity contribution in [1.29, 1.82) is 0 Å². The lowest BCUT2D eigenvalue weighted by molar-refractivity contribution is -0.143. The van der Waals surface area contributed by atoms with E-state index in [0.29, 0.717) is 24.1 Å². The number of benzene rings is 1. The molecule has 1 aromatic carbocycles. The van der Waals surface area contributed by atoms with Crippen LogP contribution in [0, 0.1) is 0 Å². The molecule has 0 radical (unpaired) electrons.